The predicted octanol–water partition coefficient (Wildman–Crippen LogP) is 2.72. The van der Waals surface area contributed by atoms with Crippen LogP contribution in [0, 0.1) is 19.8 Å². The van der Waals surface area contributed by atoms with Crippen LogP contribution in [0.5, 0.6) is 0 Å². The van der Waals surface area contributed by atoms with Crippen molar-refractivity contribution in [3.63, 3.8) is 0 Å². The van der Waals surface area contributed by atoms with E-state index in [1.165, 1.54) is 11.1 Å². The Bertz CT molecular complexity index is 591. The van der Waals surface area contributed by atoms with Crippen LogP contribution in [0.3, 0.4) is 0 Å². The van der Waals surface area contributed by atoms with E-state index in [1.54, 1.807) is 4.90 Å². The lowest BCUT2D eigenvalue weighted by Crippen LogP contribution is -2.43. The van der Waals surface area contributed by atoms with Gasteiger partial charge in [0.25, 0.3) is 0 Å². The van der Waals surface area contributed by atoms with E-state index in [9.17, 15) is 9.59 Å². The molecule has 4 nitrogen and oxygen atoms in total. The third kappa shape index (κ3) is 2.87. The van der Waals surface area contributed by atoms with Crippen LogP contribution in [0.15, 0.2) is 18.2 Å². The molecule has 2 aliphatic rings. The van der Waals surface area contributed by atoms with E-state index in [4.69, 9.17) is 0 Å². The molecule has 0 bridgehead atoms. The highest BCUT2D eigenvalue weighted by Crippen LogP contribution is 2.27. The van der Waals surface area contributed by atoms with Gasteiger partial charge in [0.1, 0.15) is 6.04 Å². The fourth-order valence-corrected chi connectivity index (χ4v) is 3.44. The Hall–Kier alpha value is -1.84. The summed E-state index contributed by atoms with van der Waals surface area (Å²) in [6, 6.07) is 5.73. The Morgan fingerprint density at radius 2 is 1.86 bits per heavy atom. The molecule has 1 heterocycles. The maximum absolute atomic E-state index is 12.6. The number of aryl methyl sites for hydroxylation is 2. The van der Waals surface area contributed by atoms with Gasteiger partial charge in [-0.15, -0.1) is 0 Å². The summed E-state index contributed by atoms with van der Waals surface area (Å²) in [7, 11) is 0. The van der Waals surface area contributed by atoms with Crippen molar-refractivity contribution >= 4 is 17.5 Å². The van der Waals surface area contributed by atoms with E-state index < -0.39 is 0 Å². The molecule has 0 aromatic heterocycles. The maximum atomic E-state index is 12.6. The Labute approximate surface area is 131 Å². The number of benzene rings is 1. The summed E-state index contributed by atoms with van der Waals surface area (Å²) in [5.41, 5.74) is 3.34. The molecule has 1 unspecified atom stereocenters. The highest BCUT2D eigenvalue weighted by molar-refractivity contribution is 6.01. The van der Waals surface area contributed by atoms with Gasteiger partial charge >= 0.3 is 0 Å². The fraction of sp³-hybridized carbons (Fsp3) is 0.556. The molecule has 1 aromatic rings. The summed E-state index contributed by atoms with van der Waals surface area (Å²) in [6.45, 7) is 4.80. The molecular formula is C18H24N2O2. The summed E-state index contributed by atoms with van der Waals surface area (Å²) < 4.78 is 0. The molecular weight excluding hydrogens is 276 g/mol. The molecule has 2 fully saturated rings. The van der Waals surface area contributed by atoms with Crippen LogP contribution in [0.1, 0.15) is 43.2 Å². The van der Waals surface area contributed by atoms with Gasteiger partial charge in [-0.1, -0.05) is 18.9 Å². The zero-order chi connectivity index (χ0) is 15.7. The number of carbonyl (C=O) groups excluding carboxylic acids is 2. The van der Waals surface area contributed by atoms with Crippen molar-refractivity contribution in [2.24, 2.45) is 5.92 Å². The quantitative estimate of drug-likeness (QED) is 0.933. The largest absolute Gasteiger partial charge is 0.344 e. The molecule has 1 saturated carbocycles. The number of rotatable bonds is 3. The summed E-state index contributed by atoms with van der Waals surface area (Å²) in [4.78, 5) is 26.6. The summed E-state index contributed by atoms with van der Waals surface area (Å²) in [5, 5.41) is 2.97. The molecule has 22 heavy (non-hydrogen) atoms. The van der Waals surface area contributed by atoms with Gasteiger partial charge in [-0.05, 0) is 56.4 Å². The first-order valence-corrected chi connectivity index (χ1v) is 8.25. The molecule has 4 heteroatoms. The van der Waals surface area contributed by atoms with Crippen LogP contribution in [-0.4, -0.2) is 24.4 Å². The number of hydrogen-bond donors (Lipinski definition) is 1. The Morgan fingerprint density at radius 3 is 2.55 bits per heavy atom. The molecule has 3 rings (SSSR count). The van der Waals surface area contributed by atoms with Gasteiger partial charge in [0.2, 0.25) is 11.8 Å². The van der Waals surface area contributed by atoms with Gasteiger partial charge in [-0.3, -0.25) is 9.59 Å². The van der Waals surface area contributed by atoms with Crippen molar-refractivity contribution in [2.75, 3.05) is 11.4 Å². The Kier molecular flexibility index (Phi) is 4.19. The molecule has 1 aliphatic heterocycles. The topological polar surface area (TPSA) is 49.4 Å². The highest BCUT2D eigenvalue weighted by Gasteiger charge is 2.35. The molecule has 1 atom stereocenters. The fourth-order valence-electron chi connectivity index (χ4n) is 3.44. The predicted molar refractivity (Wildman–Crippen MR) is 86.8 cm³/mol. The van der Waals surface area contributed by atoms with Crippen molar-refractivity contribution in [1.29, 1.82) is 0 Å². The minimum atomic E-state index is -0.352. The second kappa shape index (κ2) is 6.11. The zero-order valence-electron chi connectivity index (χ0n) is 13.4. The standard InChI is InChI=1S/C18H24N2O2/c1-12-7-8-15(11-13(12)2)20-10-9-16(18(20)22)19-17(21)14-5-3-4-6-14/h7-8,11,14,16H,3-6,9-10H2,1-2H3,(H,19,21). The van der Waals surface area contributed by atoms with Gasteiger partial charge in [-0.2, -0.15) is 0 Å². The normalized spacial score (nSPS) is 22.4. The van der Waals surface area contributed by atoms with Gasteiger partial charge in [-0.25, -0.2) is 0 Å². The number of anilines is 1. The highest BCUT2D eigenvalue weighted by atomic mass is 16.2. The van der Waals surface area contributed by atoms with Crippen LogP contribution in [0.2, 0.25) is 0 Å². The molecule has 2 amide bonds. The second-order valence-electron chi connectivity index (χ2n) is 6.59. The monoisotopic (exact) mass is 300 g/mol. The van der Waals surface area contributed by atoms with E-state index >= 15 is 0 Å². The average molecular weight is 300 g/mol. The van der Waals surface area contributed by atoms with Gasteiger partial charge < -0.3 is 10.2 Å². The van der Waals surface area contributed by atoms with Crippen LogP contribution in [0.25, 0.3) is 0 Å². The molecule has 1 aromatic carbocycles. The lowest BCUT2D eigenvalue weighted by molar-refractivity contribution is -0.129. The van der Waals surface area contributed by atoms with E-state index in [0.717, 1.165) is 31.4 Å². The van der Waals surface area contributed by atoms with Gasteiger partial charge in [0, 0.05) is 18.2 Å². The molecule has 0 spiro atoms. The Morgan fingerprint density at radius 1 is 1.14 bits per heavy atom. The number of amides is 2. The van der Waals surface area contributed by atoms with Crippen molar-refractivity contribution in [2.45, 2.75) is 52.0 Å². The maximum Gasteiger partial charge on any atom is 0.249 e. The first-order chi connectivity index (χ1) is 10.6. The van der Waals surface area contributed by atoms with Crippen molar-refractivity contribution in [3.8, 4) is 0 Å². The van der Waals surface area contributed by atoms with E-state index in [2.05, 4.69) is 25.2 Å². The van der Waals surface area contributed by atoms with E-state index in [1.807, 2.05) is 12.1 Å². The third-order valence-corrected chi connectivity index (χ3v) is 5.05. The third-order valence-electron chi connectivity index (χ3n) is 5.05. The molecule has 1 saturated heterocycles. The van der Waals surface area contributed by atoms with Crippen LogP contribution < -0.4 is 10.2 Å². The zero-order valence-corrected chi connectivity index (χ0v) is 13.4. The average Bonchev–Trinajstić information content (AvgIpc) is 3.13. The van der Waals surface area contributed by atoms with Gasteiger partial charge in [0.15, 0.2) is 0 Å². The molecule has 0 radical (unpaired) electrons. The van der Waals surface area contributed by atoms with Crippen molar-refractivity contribution in [1.82, 2.24) is 5.32 Å². The first-order valence-electron chi connectivity index (χ1n) is 8.25. The number of nitrogens with zero attached hydrogens (tertiary/aromatic N) is 1. The molecule has 1 N–H and O–H groups in total. The number of nitrogens with one attached hydrogen (secondary N) is 1. The van der Waals surface area contributed by atoms with Crippen LogP contribution in [-0.2, 0) is 9.59 Å². The number of carbonyl (C=O) groups is 2. The molecule has 1 aliphatic carbocycles. The second-order valence-corrected chi connectivity index (χ2v) is 6.59. The van der Waals surface area contributed by atoms with Crippen molar-refractivity contribution in [3.05, 3.63) is 29.3 Å². The summed E-state index contributed by atoms with van der Waals surface area (Å²) in [6.07, 6.45) is 4.89. The van der Waals surface area contributed by atoms with E-state index in [-0.39, 0.29) is 23.8 Å². The SMILES string of the molecule is Cc1ccc(N2CCC(NC(=O)C3CCCC3)C2=O)cc1C. The van der Waals surface area contributed by atoms with E-state index in [0.29, 0.717) is 13.0 Å². The minimum Gasteiger partial charge on any atom is -0.344 e. The molecule has 118 valence electrons. The summed E-state index contributed by atoms with van der Waals surface area (Å²) >= 11 is 0. The minimum absolute atomic E-state index is 0.0228. The summed E-state index contributed by atoms with van der Waals surface area (Å²) in [5.74, 6) is 0.204. The lowest BCUT2D eigenvalue weighted by atomic mass is 10.1. The first kappa shape index (κ1) is 15.1. The van der Waals surface area contributed by atoms with Crippen molar-refractivity contribution < 1.29 is 9.59 Å². The lowest BCUT2D eigenvalue weighted by Gasteiger charge is -2.19. The van der Waals surface area contributed by atoms with Gasteiger partial charge in [0.05, 0.1) is 0 Å². The Balaban J connectivity index is 1.66. The van der Waals surface area contributed by atoms with Crippen LogP contribution in [0.4, 0.5) is 5.69 Å². The number of hydrogen-bond acceptors (Lipinski definition) is 2. The smallest absolute Gasteiger partial charge is 0.249 e. The van der Waals surface area contributed by atoms with Crippen LogP contribution >= 0.6 is 0 Å².